The van der Waals surface area contributed by atoms with E-state index in [1.807, 2.05) is 20.8 Å². The van der Waals surface area contributed by atoms with Crippen LogP contribution in [0, 0.1) is 0 Å². The van der Waals surface area contributed by atoms with Crippen molar-refractivity contribution in [1.29, 1.82) is 0 Å². The molecule has 6 heteroatoms. The number of aliphatic hydroxyl groups is 1. The minimum absolute atomic E-state index is 0.119. The van der Waals surface area contributed by atoms with Gasteiger partial charge in [-0.15, -0.1) is 0 Å². The molecule has 1 aliphatic heterocycles. The van der Waals surface area contributed by atoms with Crippen LogP contribution in [0.5, 0.6) is 0 Å². The number of β-amino-alcohol motifs (C(OH)–C–C–N with tert-alkyl or cyclic N) is 1. The van der Waals surface area contributed by atoms with Crippen molar-refractivity contribution < 1.29 is 14.7 Å². The Kier molecular flexibility index (Phi) is 11.4. The highest BCUT2D eigenvalue weighted by molar-refractivity contribution is 6.03. The zero-order valence-electron chi connectivity index (χ0n) is 17.7. The third kappa shape index (κ3) is 8.85. The van der Waals surface area contributed by atoms with Crippen LogP contribution in [0.2, 0.25) is 0 Å². The molecule has 158 valence electrons. The number of nitrogens with one attached hydrogen (secondary N) is 1. The summed E-state index contributed by atoms with van der Waals surface area (Å²) in [5.41, 5.74) is 1.23. The van der Waals surface area contributed by atoms with Crippen LogP contribution in [0.1, 0.15) is 46.5 Å². The van der Waals surface area contributed by atoms with Gasteiger partial charge in [0, 0.05) is 44.4 Å². The van der Waals surface area contributed by atoms with E-state index in [0.717, 1.165) is 44.3 Å². The van der Waals surface area contributed by atoms with E-state index in [4.69, 9.17) is 0 Å². The van der Waals surface area contributed by atoms with Gasteiger partial charge in [-0.1, -0.05) is 32.1 Å². The molecule has 2 N–H and O–H groups in total. The Morgan fingerprint density at radius 3 is 2.46 bits per heavy atom. The monoisotopic (exact) mass is 391 g/mol. The number of rotatable bonds is 12. The number of allylic oxidation sites excluding steroid dienone is 2. The second kappa shape index (κ2) is 13.3. The minimum atomic E-state index is -0.258. The van der Waals surface area contributed by atoms with Crippen molar-refractivity contribution in [3.63, 3.8) is 0 Å². The summed E-state index contributed by atoms with van der Waals surface area (Å²) in [5.74, 6) is -0.378. The van der Waals surface area contributed by atoms with E-state index in [-0.39, 0.29) is 17.9 Å². The first-order chi connectivity index (χ1) is 13.4. The molecule has 28 heavy (non-hydrogen) atoms. The Morgan fingerprint density at radius 2 is 1.93 bits per heavy atom. The van der Waals surface area contributed by atoms with Crippen LogP contribution in [-0.4, -0.2) is 72.1 Å². The highest BCUT2D eigenvalue weighted by Gasteiger charge is 2.19. The zero-order chi connectivity index (χ0) is 20.9. The second-order valence-corrected chi connectivity index (χ2v) is 7.37. The zero-order valence-corrected chi connectivity index (χ0v) is 17.7. The molecule has 1 aliphatic rings. The average Bonchev–Trinajstić information content (AvgIpc) is 3.09. The largest absolute Gasteiger partial charge is 0.392 e. The maximum Gasteiger partial charge on any atom is 0.254 e. The van der Waals surface area contributed by atoms with Gasteiger partial charge in [-0.25, -0.2) is 0 Å². The molecule has 0 bridgehead atoms. The molecule has 0 saturated carbocycles. The van der Waals surface area contributed by atoms with Crippen molar-refractivity contribution in [3.05, 3.63) is 36.0 Å². The lowest BCUT2D eigenvalue weighted by Crippen LogP contribution is -2.34. The summed E-state index contributed by atoms with van der Waals surface area (Å²) in [5, 5.41) is 12.4. The number of carbonyl (C=O) groups is 2. The summed E-state index contributed by atoms with van der Waals surface area (Å²) in [4.78, 5) is 29.3. The summed E-state index contributed by atoms with van der Waals surface area (Å²) in [6, 6.07) is 0. The SMILES string of the molecule is C=C/C(C)=C\C(=C/C(=O)NCCCN1CCC(O)C1)C(=O)N(CCC)CCC. The van der Waals surface area contributed by atoms with Crippen molar-refractivity contribution in [2.24, 2.45) is 0 Å². The van der Waals surface area contributed by atoms with Crippen LogP contribution in [0.4, 0.5) is 0 Å². The van der Waals surface area contributed by atoms with Gasteiger partial charge in [0.05, 0.1) is 6.10 Å². The predicted molar refractivity (Wildman–Crippen MR) is 114 cm³/mol. The van der Waals surface area contributed by atoms with Gasteiger partial charge in [0.1, 0.15) is 0 Å². The summed E-state index contributed by atoms with van der Waals surface area (Å²) in [6.45, 7) is 14.0. The maximum atomic E-state index is 12.9. The predicted octanol–water partition coefficient (Wildman–Crippen LogP) is 2.27. The molecule has 1 fully saturated rings. The van der Waals surface area contributed by atoms with E-state index in [0.29, 0.717) is 31.8 Å². The molecule has 0 spiro atoms. The van der Waals surface area contributed by atoms with Crippen LogP contribution in [0.15, 0.2) is 36.0 Å². The second-order valence-electron chi connectivity index (χ2n) is 7.37. The molecule has 1 unspecified atom stereocenters. The first kappa shape index (κ1) is 24.1. The van der Waals surface area contributed by atoms with Crippen LogP contribution < -0.4 is 5.32 Å². The molecule has 1 heterocycles. The molecule has 0 aromatic rings. The van der Waals surface area contributed by atoms with Crippen molar-refractivity contribution in [2.45, 2.75) is 52.6 Å². The smallest absolute Gasteiger partial charge is 0.254 e. The van der Waals surface area contributed by atoms with Gasteiger partial charge in [0.25, 0.3) is 5.91 Å². The van der Waals surface area contributed by atoms with E-state index in [1.165, 1.54) is 6.08 Å². The van der Waals surface area contributed by atoms with E-state index in [1.54, 1.807) is 17.1 Å². The van der Waals surface area contributed by atoms with Crippen LogP contribution in [0.3, 0.4) is 0 Å². The number of nitrogens with zero attached hydrogens (tertiary/aromatic N) is 2. The van der Waals surface area contributed by atoms with E-state index in [9.17, 15) is 14.7 Å². The fourth-order valence-electron chi connectivity index (χ4n) is 3.23. The van der Waals surface area contributed by atoms with Gasteiger partial charge in [-0.2, -0.15) is 0 Å². The minimum Gasteiger partial charge on any atom is -0.392 e. The molecule has 1 atom stereocenters. The molecule has 1 rings (SSSR count). The van der Waals surface area contributed by atoms with Crippen molar-refractivity contribution >= 4 is 11.8 Å². The number of aliphatic hydroxyl groups excluding tert-OH is 1. The lowest BCUT2D eigenvalue weighted by Gasteiger charge is -2.22. The van der Waals surface area contributed by atoms with Gasteiger partial charge in [0.15, 0.2) is 0 Å². The van der Waals surface area contributed by atoms with Gasteiger partial charge in [-0.3, -0.25) is 9.59 Å². The molecule has 0 aliphatic carbocycles. The molecule has 6 nitrogen and oxygen atoms in total. The fraction of sp³-hybridized carbons (Fsp3) is 0.636. The summed E-state index contributed by atoms with van der Waals surface area (Å²) < 4.78 is 0. The Balaban J connectivity index is 2.68. The highest BCUT2D eigenvalue weighted by atomic mass is 16.3. The maximum absolute atomic E-state index is 12.9. The van der Waals surface area contributed by atoms with Gasteiger partial charge < -0.3 is 20.2 Å². The topological polar surface area (TPSA) is 72.9 Å². The van der Waals surface area contributed by atoms with Gasteiger partial charge >= 0.3 is 0 Å². The number of carbonyl (C=O) groups excluding carboxylic acids is 2. The Labute approximate surface area is 170 Å². The summed E-state index contributed by atoms with van der Waals surface area (Å²) in [6.07, 6.45) is 7.96. The number of hydrogen-bond acceptors (Lipinski definition) is 4. The number of hydrogen-bond donors (Lipinski definition) is 2. The average molecular weight is 392 g/mol. The molecular formula is C22H37N3O3. The lowest BCUT2D eigenvalue weighted by atomic mass is 10.1. The third-order valence-electron chi connectivity index (χ3n) is 4.71. The fourth-order valence-corrected chi connectivity index (χ4v) is 3.23. The Morgan fingerprint density at radius 1 is 1.25 bits per heavy atom. The highest BCUT2D eigenvalue weighted by Crippen LogP contribution is 2.10. The van der Waals surface area contributed by atoms with Gasteiger partial charge in [0.2, 0.25) is 5.91 Å². The quantitative estimate of drug-likeness (QED) is 0.304. The third-order valence-corrected chi connectivity index (χ3v) is 4.71. The number of likely N-dealkylation sites (tertiary alicyclic amines) is 1. The van der Waals surface area contributed by atoms with Crippen molar-refractivity contribution in [3.8, 4) is 0 Å². The molecule has 0 aromatic heterocycles. The Hall–Kier alpha value is -1.92. The normalized spacial score (nSPS) is 18.2. The van der Waals surface area contributed by atoms with Crippen LogP contribution in [-0.2, 0) is 9.59 Å². The molecule has 0 aromatic carbocycles. The summed E-state index contributed by atoms with van der Waals surface area (Å²) >= 11 is 0. The molecule has 0 radical (unpaired) electrons. The standard InChI is InChI=1S/C22H37N3O3/c1-5-11-25(12-6-2)22(28)19(15-18(4)7-3)16-21(27)23-10-8-13-24-14-9-20(26)17-24/h7,15-16,20,26H,3,5-6,8-14,17H2,1-2,4H3,(H,23,27)/b18-15-,19-16+. The van der Waals surface area contributed by atoms with Crippen LogP contribution in [0.25, 0.3) is 0 Å². The van der Waals surface area contributed by atoms with Crippen LogP contribution >= 0.6 is 0 Å². The molecule has 1 saturated heterocycles. The van der Waals surface area contributed by atoms with Gasteiger partial charge in [-0.05, 0) is 45.2 Å². The van der Waals surface area contributed by atoms with E-state index in [2.05, 4.69) is 16.8 Å². The molecule has 2 amide bonds. The first-order valence-corrected chi connectivity index (χ1v) is 10.4. The summed E-state index contributed by atoms with van der Waals surface area (Å²) in [7, 11) is 0. The van der Waals surface area contributed by atoms with Crippen molar-refractivity contribution in [1.82, 2.24) is 15.1 Å². The number of amides is 2. The van der Waals surface area contributed by atoms with Crippen molar-refractivity contribution in [2.75, 3.05) is 39.3 Å². The van der Waals surface area contributed by atoms with E-state index >= 15 is 0 Å². The molecular weight excluding hydrogens is 354 g/mol. The lowest BCUT2D eigenvalue weighted by molar-refractivity contribution is -0.127. The first-order valence-electron chi connectivity index (χ1n) is 10.4. The van der Waals surface area contributed by atoms with E-state index < -0.39 is 0 Å². The Bertz CT molecular complexity index is 578.